The third-order valence-electron chi connectivity index (χ3n) is 3.60. The fourth-order valence-corrected chi connectivity index (χ4v) is 2.56. The Hall–Kier alpha value is -3.09. The lowest BCUT2D eigenvalue weighted by Gasteiger charge is -2.09. The molecule has 0 fully saturated rings. The second-order valence-electron chi connectivity index (χ2n) is 4.79. The van der Waals surface area contributed by atoms with E-state index in [1.807, 2.05) is 0 Å². The van der Waals surface area contributed by atoms with Crippen LogP contribution in [0.2, 0.25) is 0 Å². The molecule has 0 unspecified atom stereocenters. The molecule has 0 spiro atoms. The van der Waals surface area contributed by atoms with Crippen LogP contribution in [0.1, 0.15) is 20.8 Å². The van der Waals surface area contributed by atoms with E-state index in [1.165, 1.54) is 27.5 Å². The minimum atomic E-state index is -0.503. The smallest absolute Gasteiger partial charge is 0.354 e. The van der Waals surface area contributed by atoms with Crippen LogP contribution in [-0.4, -0.2) is 43.2 Å². The van der Waals surface area contributed by atoms with Gasteiger partial charge in [-0.2, -0.15) is 0 Å². The zero-order valence-corrected chi connectivity index (χ0v) is 12.8. The predicted molar refractivity (Wildman–Crippen MR) is 82.8 cm³/mol. The Balaban J connectivity index is 2.45. The van der Waals surface area contributed by atoms with Crippen LogP contribution in [0.25, 0.3) is 21.8 Å². The van der Waals surface area contributed by atoms with E-state index in [1.54, 1.807) is 18.2 Å². The Labute approximate surface area is 131 Å². The van der Waals surface area contributed by atoms with Crippen molar-refractivity contribution in [3.05, 3.63) is 35.7 Å². The maximum absolute atomic E-state index is 12.1. The van der Waals surface area contributed by atoms with Crippen molar-refractivity contribution < 1.29 is 23.8 Å². The van der Waals surface area contributed by atoms with Crippen molar-refractivity contribution in [2.24, 2.45) is 0 Å². The number of benzene rings is 1. The lowest BCUT2D eigenvalue weighted by atomic mass is 10.1. The van der Waals surface area contributed by atoms with Crippen LogP contribution in [0.4, 0.5) is 0 Å². The Morgan fingerprint density at radius 1 is 1.09 bits per heavy atom. The summed E-state index contributed by atoms with van der Waals surface area (Å²) in [6.45, 7) is 0. The molecule has 0 saturated carbocycles. The first kappa shape index (κ1) is 14.8. The van der Waals surface area contributed by atoms with Gasteiger partial charge in [-0.15, -0.1) is 0 Å². The first-order valence-corrected chi connectivity index (χ1v) is 6.75. The van der Waals surface area contributed by atoms with Crippen LogP contribution in [0.3, 0.4) is 0 Å². The Morgan fingerprint density at radius 2 is 1.83 bits per heavy atom. The van der Waals surface area contributed by atoms with Crippen molar-refractivity contribution >= 4 is 33.7 Å². The maximum atomic E-state index is 12.1. The summed E-state index contributed by atoms with van der Waals surface area (Å²) in [5.74, 6) is -0.508. The quantitative estimate of drug-likeness (QED) is 0.746. The third-order valence-corrected chi connectivity index (χ3v) is 3.60. The topological polar surface area (TPSA) is 90.5 Å². The van der Waals surface area contributed by atoms with Crippen molar-refractivity contribution in [2.75, 3.05) is 21.3 Å². The highest BCUT2D eigenvalue weighted by atomic mass is 16.5. The minimum absolute atomic E-state index is 0.275. The van der Waals surface area contributed by atoms with Crippen LogP contribution in [0, 0.1) is 0 Å². The first-order chi connectivity index (χ1) is 11.1. The second kappa shape index (κ2) is 5.60. The molecule has 7 heteroatoms. The number of pyridine rings is 1. The molecule has 0 radical (unpaired) electrons. The van der Waals surface area contributed by atoms with Crippen molar-refractivity contribution in [1.29, 1.82) is 0 Å². The van der Waals surface area contributed by atoms with E-state index in [2.05, 4.69) is 9.97 Å². The molecule has 0 bridgehead atoms. The lowest BCUT2D eigenvalue weighted by Crippen LogP contribution is -2.04. The molecule has 0 aliphatic rings. The van der Waals surface area contributed by atoms with Gasteiger partial charge in [-0.05, 0) is 18.2 Å². The molecule has 2 heterocycles. The fourth-order valence-electron chi connectivity index (χ4n) is 2.56. The normalized spacial score (nSPS) is 10.7. The van der Waals surface area contributed by atoms with Crippen molar-refractivity contribution in [3.63, 3.8) is 0 Å². The Kier molecular flexibility index (Phi) is 3.61. The van der Waals surface area contributed by atoms with E-state index in [0.29, 0.717) is 33.1 Å². The predicted octanol–water partition coefficient (Wildman–Crippen LogP) is 2.30. The number of hydrogen-bond acceptors (Lipinski definition) is 6. The number of carbonyl (C=O) groups is 2. The highest BCUT2D eigenvalue weighted by molar-refractivity contribution is 6.17. The molecule has 7 nitrogen and oxygen atoms in total. The number of nitrogens with one attached hydrogen (secondary N) is 1. The SMILES string of the molecule is COC(=O)c1cc2cc(OC)c3nccc(C(=O)OC)c3c2[nH]1. The number of nitrogens with zero attached hydrogens (tertiary/aromatic N) is 1. The van der Waals surface area contributed by atoms with Gasteiger partial charge in [0.2, 0.25) is 0 Å². The van der Waals surface area contributed by atoms with Gasteiger partial charge in [-0.1, -0.05) is 0 Å². The molecule has 118 valence electrons. The van der Waals surface area contributed by atoms with Gasteiger partial charge in [0, 0.05) is 17.0 Å². The monoisotopic (exact) mass is 314 g/mol. The van der Waals surface area contributed by atoms with Gasteiger partial charge >= 0.3 is 11.9 Å². The second-order valence-corrected chi connectivity index (χ2v) is 4.79. The van der Waals surface area contributed by atoms with Gasteiger partial charge in [0.05, 0.1) is 32.4 Å². The molecular weight excluding hydrogens is 300 g/mol. The minimum Gasteiger partial charge on any atom is -0.494 e. The Bertz CT molecular complexity index is 929. The van der Waals surface area contributed by atoms with E-state index in [4.69, 9.17) is 14.2 Å². The van der Waals surface area contributed by atoms with Gasteiger partial charge in [0.25, 0.3) is 0 Å². The van der Waals surface area contributed by atoms with Gasteiger partial charge in [-0.25, -0.2) is 9.59 Å². The number of aromatic amines is 1. The number of aromatic nitrogens is 2. The van der Waals surface area contributed by atoms with Gasteiger partial charge in [0.1, 0.15) is 17.0 Å². The average Bonchev–Trinajstić information content (AvgIpc) is 3.02. The summed E-state index contributed by atoms with van der Waals surface area (Å²) < 4.78 is 14.9. The summed E-state index contributed by atoms with van der Waals surface area (Å²) in [5, 5.41) is 1.23. The zero-order chi connectivity index (χ0) is 16.6. The van der Waals surface area contributed by atoms with Crippen LogP contribution < -0.4 is 4.74 Å². The zero-order valence-electron chi connectivity index (χ0n) is 12.8. The number of ether oxygens (including phenoxy) is 3. The number of H-pyrrole nitrogens is 1. The van der Waals surface area contributed by atoms with Crippen LogP contribution >= 0.6 is 0 Å². The molecule has 0 aliphatic carbocycles. The molecule has 2 aromatic heterocycles. The molecule has 23 heavy (non-hydrogen) atoms. The molecule has 0 amide bonds. The summed E-state index contributed by atoms with van der Waals surface area (Å²) in [4.78, 5) is 31.1. The molecule has 0 saturated heterocycles. The third kappa shape index (κ3) is 2.26. The molecular formula is C16H14N2O5. The van der Waals surface area contributed by atoms with E-state index >= 15 is 0 Å². The molecule has 3 rings (SSSR count). The van der Waals surface area contributed by atoms with Crippen molar-refractivity contribution in [2.45, 2.75) is 0 Å². The highest BCUT2D eigenvalue weighted by Gasteiger charge is 2.20. The molecule has 0 aliphatic heterocycles. The number of methoxy groups -OCH3 is 3. The number of fused-ring (bicyclic) bond motifs is 3. The van der Waals surface area contributed by atoms with Crippen LogP contribution in [0.5, 0.6) is 5.75 Å². The first-order valence-electron chi connectivity index (χ1n) is 6.75. The fraction of sp³-hybridized carbons (Fsp3) is 0.188. The highest BCUT2D eigenvalue weighted by Crippen LogP contribution is 2.34. The number of carbonyl (C=O) groups excluding carboxylic acids is 2. The van der Waals surface area contributed by atoms with Gasteiger partial charge in [0.15, 0.2) is 0 Å². The van der Waals surface area contributed by atoms with Crippen molar-refractivity contribution in [3.8, 4) is 5.75 Å². The number of rotatable bonds is 3. The van der Waals surface area contributed by atoms with E-state index in [9.17, 15) is 9.59 Å². The maximum Gasteiger partial charge on any atom is 0.354 e. The Morgan fingerprint density at radius 3 is 2.48 bits per heavy atom. The van der Waals surface area contributed by atoms with Crippen molar-refractivity contribution in [1.82, 2.24) is 9.97 Å². The number of esters is 2. The van der Waals surface area contributed by atoms with Crippen LogP contribution in [-0.2, 0) is 9.47 Å². The summed E-state index contributed by atoms with van der Waals surface area (Å²) in [7, 11) is 4.12. The summed E-state index contributed by atoms with van der Waals surface area (Å²) in [6.07, 6.45) is 1.51. The van der Waals surface area contributed by atoms with Gasteiger partial charge in [-0.3, -0.25) is 4.98 Å². The largest absolute Gasteiger partial charge is 0.494 e. The lowest BCUT2D eigenvalue weighted by molar-refractivity contribution is 0.0590. The summed E-state index contributed by atoms with van der Waals surface area (Å²) in [5.41, 5.74) is 1.70. The summed E-state index contributed by atoms with van der Waals surface area (Å²) in [6, 6.07) is 4.94. The average molecular weight is 314 g/mol. The number of hydrogen-bond donors (Lipinski definition) is 1. The van der Waals surface area contributed by atoms with E-state index < -0.39 is 11.9 Å². The van der Waals surface area contributed by atoms with E-state index in [-0.39, 0.29) is 5.69 Å². The molecule has 1 N–H and O–H groups in total. The van der Waals surface area contributed by atoms with Crippen LogP contribution in [0.15, 0.2) is 24.4 Å². The standard InChI is InChI=1S/C16H14N2O5/c1-21-11-7-8-6-10(16(20)23-3)18-13(8)12-9(15(19)22-2)4-5-17-14(11)12/h4-7,18H,1-3H3. The molecule has 3 aromatic rings. The summed E-state index contributed by atoms with van der Waals surface area (Å²) >= 11 is 0. The molecule has 0 atom stereocenters. The molecule has 1 aromatic carbocycles. The van der Waals surface area contributed by atoms with E-state index in [0.717, 1.165) is 0 Å². The van der Waals surface area contributed by atoms with Gasteiger partial charge < -0.3 is 19.2 Å².